The van der Waals surface area contributed by atoms with E-state index in [4.69, 9.17) is 0 Å². The van der Waals surface area contributed by atoms with E-state index in [-0.39, 0.29) is 18.6 Å². The van der Waals surface area contributed by atoms with Gasteiger partial charge in [0.05, 0.1) is 0 Å². The van der Waals surface area contributed by atoms with Crippen molar-refractivity contribution in [2.75, 3.05) is 13.2 Å². The van der Waals surface area contributed by atoms with Gasteiger partial charge < -0.3 is 10.4 Å². The number of carbonyl (C=O) groups excluding carboxylic acids is 1. The molecule has 2 rings (SSSR count). The maximum Gasteiger partial charge on any atom is 0.244 e. The van der Waals surface area contributed by atoms with Gasteiger partial charge in [0.2, 0.25) is 5.91 Å². The first-order valence-electron chi connectivity index (χ1n) is 6.60. The Morgan fingerprint density at radius 3 is 3.00 bits per heavy atom. The van der Waals surface area contributed by atoms with Crippen molar-refractivity contribution in [2.24, 2.45) is 11.8 Å². The van der Waals surface area contributed by atoms with Crippen molar-refractivity contribution in [3.8, 4) is 0 Å². The van der Waals surface area contributed by atoms with Gasteiger partial charge in [-0.3, -0.25) is 9.48 Å². The van der Waals surface area contributed by atoms with Crippen LogP contribution < -0.4 is 5.32 Å². The molecule has 1 aromatic rings. The van der Waals surface area contributed by atoms with Crippen molar-refractivity contribution in [1.82, 2.24) is 15.1 Å². The summed E-state index contributed by atoms with van der Waals surface area (Å²) in [5.74, 6) is 0.761. The van der Waals surface area contributed by atoms with Crippen molar-refractivity contribution in [2.45, 2.75) is 32.2 Å². The standard InChI is InChI=1S/C13H21N3O2/c1-10(16-7-3-6-15-16)13(18)14-8-11-4-2-5-12(11)9-17/h3,6-7,10-12,17H,2,4-5,8-9H2,1H3,(H,14,18). The number of rotatable bonds is 5. The number of aliphatic hydroxyl groups excluding tert-OH is 1. The Bertz CT molecular complexity index is 378. The number of nitrogens with one attached hydrogen (secondary N) is 1. The molecule has 1 fully saturated rings. The molecule has 5 nitrogen and oxygen atoms in total. The predicted molar refractivity (Wildman–Crippen MR) is 67.9 cm³/mol. The minimum absolute atomic E-state index is 0.0118. The van der Waals surface area contributed by atoms with Crippen LogP contribution in [0.4, 0.5) is 0 Å². The van der Waals surface area contributed by atoms with Gasteiger partial charge in [-0.1, -0.05) is 6.42 Å². The Hall–Kier alpha value is -1.36. The summed E-state index contributed by atoms with van der Waals surface area (Å²) < 4.78 is 1.65. The fourth-order valence-electron chi connectivity index (χ4n) is 2.63. The molecule has 18 heavy (non-hydrogen) atoms. The Balaban J connectivity index is 1.81. The zero-order valence-corrected chi connectivity index (χ0v) is 10.7. The van der Waals surface area contributed by atoms with Crippen molar-refractivity contribution in [1.29, 1.82) is 0 Å². The Morgan fingerprint density at radius 2 is 2.33 bits per heavy atom. The molecule has 0 saturated heterocycles. The summed E-state index contributed by atoms with van der Waals surface area (Å²) in [6.45, 7) is 2.73. The van der Waals surface area contributed by atoms with Crippen LogP contribution in [0.5, 0.6) is 0 Å². The topological polar surface area (TPSA) is 67.2 Å². The molecule has 1 amide bonds. The van der Waals surface area contributed by atoms with E-state index in [0.29, 0.717) is 18.4 Å². The number of hydrogen-bond acceptors (Lipinski definition) is 3. The van der Waals surface area contributed by atoms with E-state index in [1.807, 2.05) is 13.0 Å². The van der Waals surface area contributed by atoms with Gasteiger partial charge in [0.15, 0.2) is 0 Å². The number of amides is 1. The summed E-state index contributed by atoms with van der Waals surface area (Å²) in [5.41, 5.74) is 0. The second-order valence-corrected chi connectivity index (χ2v) is 5.04. The first-order valence-corrected chi connectivity index (χ1v) is 6.60. The lowest BCUT2D eigenvalue weighted by molar-refractivity contribution is -0.124. The summed E-state index contributed by atoms with van der Waals surface area (Å²) >= 11 is 0. The molecule has 3 atom stereocenters. The van der Waals surface area contributed by atoms with Crippen LogP contribution >= 0.6 is 0 Å². The lowest BCUT2D eigenvalue weighted by atomic mass is 9.97. The molecular weight excluding hydrogens is 230 g/mol. The molecule has 1 heterocycles. The number of carbonyl (C=O) groups is 1. The van der Waals surface area contributed by atoms with Crippen LogP contribution in [0.25, 0.3) is 0 Å². The van der Waals surface area contributed by atoms with Crippen LogP contribution in [-0.2, 0) is 4.79 Å². The predicted octanol–water partition coefficient (Wildman–Crippen LogP) is 0.969. The highest BCUT2D eigenvalue weighted by Gasteiger charge is 2.27. The van der Waals surface area contributed by atoms with E-state index in [0.717, 1.165) is 19.3 Å². The first-order chi connectivity index (χ1) is 8.72. The fraction of sp³-hybridized carbons (Fsp3) is 0.692. The lowest BCUT2D eigenvalue weighted by Crippen LogP contribution is -2.36. The van der Waals surface area contributed by atoms with Crippen molar-refractivity contribution in [3.63, 3.8) is 0 Å². The average molecular weight is 251 g/mol. The summed E-state index contributed by atoms with van der Waals surface area (Å²) in [4.78, 5) is 12.0. The molecule has 0 aromatic carbocycles. The molecule has 1 aliphatic carbocycles. The van der Waals surface area contributed by atoms with Gasteiger partial charge in [-0.05, 0) is 37.7 Å². The van der Waals surface area contributed by atoms with E-state index in [9.17, 15) is 9.90 Å². The van der Waals surface area contributed by atoms with Gasteiger partial charge in [-0.25, -0.2) is 0 Å². The largest absolute Gasteiger partial charge is 0.396 e. The van der Waals surface area contributed by atoms with Crippen LogP contribution in [0.1, 0.15) is 32.2 Å². The summed E-state index contributed by atoms with van der Waals surface area (Å²) in [6.07, 6.45) is 6.78. The van der Waals surface area contributed by atoms with Crippen molar-refractivity contribution in [3.05, 3.63) is 18.5 Å². The highest BCUT2D eigenvalue weighted by atomic mass is 16.3. The van der Waals surface area contributed by atoms with E-state index >= 15 is 0 Å². The van der Waals surface area contributed by atoms with Crippen LogP contribution in [0, 0.1) is 11.8 Å². The van der Waals surface area contributed by atoms with Crippen LogP contribution in [-0.4, -0.2) is 33.9 Å². The summed E-state index contributed by atoms with van der Waals surface area (Å²) in [7, 11) is 0. The summed E-state index contributed by atoms with van der Waals surface area (Å²) in [6, 6.07) is 1.52. The SMILES string of the molecule is CC(C(=O)NCC1CCCC1CO)n1cccn1. The highest BCUT2D eigenvalue weighted by Crippen LogP contribution is 2.30. The maximum absolute atomic E-state index is 12.0. The maximum atomic E-state index is 12.0. The van der Waals surface area contributed by atoms with Crippen molar-refractivity contribution < 1.29 is 9.90 Å². The minimum Gasteiger partial charge on any atom is -0.396 e. The second kappa shape index (κ2) is 6.00. The third-order valence-corrected chi connectivity index (χ3v) is 3.89. The molecule has 0 radical (unpaired) electrons. The van der Waals surface area contributed by atoms with Crippen LogP contribution in [0.15, 0.2) is 18.5 Å². The van der Waals surface area contributed by atoms with Gasteiger partial charge in [0, 0.05) is 25.5 Å². The molecule has 0 spiro atoms. The average Bonchev–Trinajstić information content (AvgIpc) is 3.05. The first kappa shape index (κ1) is 13.1. The van der Waals surface area contributed by atoms with E-state index in [2.05, 4.69) is 10.4 Å². The normalized spacial score (nSPS) is 25.0. The van der Waals surface area contributed by atoms with Crippen molar-refractivity contribution >= 4 is 5.91 Å². The molecule has 0 aliphatic heterocycles. The number of hydrogen-bond donors (Lipinski definition) is 2. The number of nitrogens with zero attached hydrogens (tertiary/aromatic N) is 2. The fourth-order valence-corrected chi connectivity index (χ4v) is 2.63. The van der Waals surface area contributed by atoms with Gasteiger partial charge in [-0.2, -0.15) is 5.10 Å². The van der Waals surface area contributed by atoms with E-state index in [1.54, 1.807) is 17.1 Å². The lowest BCUT2D eigenvalue weighted by Gasteiger charge is -2.19. The minimum atomic E-state index is -0.283. The molecule has 1 aromatic heterocycles. The number of aromatic nitrogens is 2. The molecule has 5 heteroatoms. The van der Waals surface area contributed by atoms with Gasteiger partial charge >= 0.3 is 0 Å². The van der Waals surface area contributed by atoms with E-state index < -0.39 is 0 Å². The molecule has 0 bridgehead atoms. The van der Waals surface area contributed by atoms with Gasteiger partial charge in [0.25, 0.3) is 0 Å². The highest BCUT2D eigenvalue weighted by molar-refractivity contribution is 5.79. The third-order valence-electron chi connectivity index (χ3n) is 3.89. The Kier molecular flexibility index (Phi) is 4.36. The third kappa shape index (κ3) is 2.90. The van der Waals surface area contributed by atoms with Crippen LogP contribution in [0.2, 0.25) is 0 Å². The quantitative estimate of drug-likeness (QED) is 0.819. The Morgan fingerprint density at radius 1 is 1.56 bits per heavy atom. The molecule has 100 valence electrons. The molecule has 1 aliphatic rings. The molecular formula is C13H21N3O2. The van der Waals surface area contributed by atoms with E-state index in [1.165, 1.54) is 0 Å². The molecule has 1 saturated carbocycles. The zero-order valence-electron chi connectivity index (χ0n) is 10.7. The Labute approximate surface area is 107 Å². The second-order valence-electron chi connectivity index (χ2n) is 5.04. The van der Waals surface area contributed by atoms with Gasteiger partial charge in [0.1, 0.15) is 6.04 Å². The molecule has 2 N–H and O–H groups in total. The number of aliphatic hydroxyl groups is 1. The zero-order chi connectivity index (χ0) is 13.0. The van der Waals surface area contributed by atoms with Crippen LogP contribution in [0.3, 0.4) is 0 Å². The summed E-state index contributed by atoms with van der Waals surface area (Å²) in [5, 5.41) is 16.3. The smallest absolute Gasteiger partial charge is 0.244 e. The monoisotopic (exact) mass is 251 g/mol. The van der Waals surface area contributed by atoms with Gasteiger partial charge in [-0.15, -0.1) is 0 Å². The molecule has 3 unspecified atom stereocenters.